The zero-order chi connectivity index (χ0) is 21.0. The number of ether oxygens (including phenoxy) is 2. The Morgan fingerprint density at radius 1 is 1.24 bits per heavy atom. The quantitative estimate of drug-likeness (QED) is 0.556. The highest BCUT2D eigenvalue weighted by molar-refractivity contribution is 8.00. The van der Waals surface area contributed by atoms with Gasteiger partial charge in [-0.25, -0.2) is 0 Å². The molecular formula is C19H23N5O4S. The van der Waals surface area contributed by atoms with Crippen LogP contribution in [0, 0.1) is 6.92 Å². The van der Waals surface area contributed by atoms with Crippen LogP contribution in [0.2, 0.25) is 0 Å². The maximum Gasteiger partial charge on any atom is 0.238 e. The van der Waals surface area contributed by atoms with E-state index in [0.717, 1.165) is 0 Å². The number of carbonyl (C=O) groups excluding carboxylic acids is 1. The summed E-state index contributed by atoms with van der Waals surface area (Å²) in [5, 5.41) is 15.1. The van der Waals surface area contributed by atoms with Crippen molar-refractivity contribution in [2.75, 3.05) is 12.4 Å². The van der Waals surface area contributed by atoms with Crippen LogP contribution in [0.1, 0.15) is 31.5 Å². The van der Waals surface area contributed by atoms with Crippen LogP contribution >= 0.6 is 11.8 Å². The van der Waals surface area contributed by atoms with Crippen LogP contribution < -0.4 is 14.8 Å². The number of nitrogens with zero attached hydrogens (tertiary/aromatic N) is 4. The summed E-state index contributed by atoms with van der Waals surface area (Å²) in [6.07, 6.45) is -0.337. The van der Waals surface area contributed by atoms with E-state index in [9.17, 15) is 4.79 Å². The second-order valence-corrected chi connectivity index (χ2v) is 7.72. The van der Waals surface area contributed by atoms with Crippen LogP contribution in [0.25, 0.3) is 0 Å². The highest BCUT2D eigenvalue weighted by Gasteiger charge is 2.22. The molecule has 0 bridgehead atoms. The molecule has 0 aliphatic carbocycles. The van der Waals surface area contributed by atoms with Crippen molar-refractivity contribution in [3.05, 3.63) is 41.9 Å². The summed E-state index contributed by atoms with van der Waals surface area (Å²) in [7, 11) is 3.45. The SMILES string of the molecule is COc1cccc(OC(C)c2nnc(SC(C)C(=O)Nc3cc(C)on3)n2C)c1. The number of carbonyl (C=O) groups is 1. The van der Waals surface area contributed by atoms with Crippen LogP contribution in [0.15, 0.2) is 40.0 Å². The zero-order valence-electron chi connectivity index (χ0n) is 16.9. The van der Waals surface area contributed by atoms with Crippen molar-refractivity contribution >= 4 is 23.5 Å². The molecule has 0 fully saturated rings. The molecule has 2 heterocycles. The van der Waals surface area contributed by atoms with Gasteiger partial charge in [0.05, 0.1) is 12.4 Å². The number of methoxy groups -OCH3 is 1. The van der Waals surface area contributed by atoms with E-state index < -0.39 is 5.25 Å². The van der Waals surface area contributed by atoms with Crippen molar-refractivity contribution < 1.29 is 18.8 Å². The molecule has 2 atom stereocenters. The maximum atomic E-state index is 12.4. The predicted molar refractivity (Wildman–Crippen MR) is 108 cm³/mol. The lowest BCUT2D eigenvalue weighted by Crippen LogP contribution is -2.23. The Balaban J connectivity index is 1.64. The number of aryl methyl sites for hydroxylation is 1. The molecule has 1 aromatic carbocycles. The molecule has 3 aromatic rings. The second-order valence-electron chi connectivity index (χ2n) is 6.41. The van der Waals surface area contributed by atoms with Crippen molar-refractivity contribution in [2.45, 2.75) is 37.3 Å². The van der Waals surface area contributed by atoms with Gasteiger partial charge in [0.2, 0.25) is 5.91 Å². The first-order valence-corrected chi connectivity index (χ1v) is 9.86. The van der Waals surface area contributed by atoms with Gasteiger partial charge in [-0.15, -0.1) is 10.2 Å². The lowest BCUT2D eigenvalue weighted by molar-refractivity contribution is -0.115. The topological polar surface area (TPSA) is 104 Å². The molecule has 9 nitrogen and oxygen atoms in total. The average molecular weight is 417 g/mol. The molecule has 2 aromatic heterocycles. The molecule has 0 saturated carbocycles. The lowest BCUT2D eigenvalue weighted by atomic mass is 10.3. The van der Waals surface area contributed by atoms with E-state index in [4.69, 9.17) is 14.0 Å². The summed E-state index contributed by atoms with van der Waals surface area (Å²) in [6, 6.07) is 9.02. The molecule has 1 N–H and O–H groups in total. The third-order valence-electron chi connectivity index (χ3n) is 4.12. The number of aromatic nitrogens is 4. The third kappa shape index (κ3) is 5.08. The largest absolute Gasteiger partial charge is 0.497 e. The van der Waals surface area contributed by atoms with Crippen molar-refractivity contribution in [3.8, 4) is 11.5 Å². The highest BCUT2D eigenvalue weighted by atomic mass is 32.2. The molecule has 1 amide bonds. The molecule has 0 spiro atoms. The van der Waals surface area contributed by atoms with Crippen LogP contribution in [0.5, 0.6) is 11.5 Å². The van der Waals surface area contributed by atoms with Crippen molar-refractivity contribution in [2.24, 2.45) is 7.05 Å². The number of nitrogens with one attached hydrogen (secondary N) is 1. The van der Waals surface area contributed by atoms with Gasteiger partial charge in [-0.3, -0.25) is 4.79 Å². The number of rotatable bonds is 8. The molecule has 0 aliphatic rings. The fourth-order valence-electron chi connectivity index (χ4n) is 2.58. The summed E-state index contributed by atoms with van der Waals surface area (Å²) >= 11 is 1.30. The van der Waals surface area contributed by atoms with Gasteiger partial charge >= 0.3 is 0 Å². The third-order valence-corrected chi connectivity index (χ3v) is 5.25. The molecule has 0 aliphatic heterocycles. The first-order chi connectivity index (χ1) is 13.9. The standard InChI is InChI=1S/C19H23N5O4S/c1-11-9-16(23-28-11)20-18(25)13(3)29-19-22-21-17(24(19)4)12(2)27-15-8-6-7-14(10-15)26-5/h6-10,12-13H,1-5H3,(H,20,23,25). The van der Waals surface area contributed by atoms with Gasteiger partial charge in [-0.1, -0.05) is 23.0 Å². The van der Waals surface area contributed by atoms with Gasteiger partial charge in [0.15, 0.2) is 22.9 Å². The lowest BCUT2D eigenvalue weighted by Gasteiger charge is -2.15. The Hall–Kier alpha value is -3.01. The van der Waals surface area contributed by atoms with E-state index in [1.165, 1.54) is 11.8 Å². The number of hydrogen-bond donors (Lipinski definition) is 1. The highest BCUT2D eigenvalue weighted by Crippen LogP contribution is 2.27. The van der Waals surface area contributed by atoms with Gasteiger partial charge in [-0.2, -0.15) is 0 Å². The predicted octanol–water partition coefficient (Wildman–Crippen LogP) is 3.38. The molecule has 3 rings (SSSR count). The maximum absolute atomic E-state index is 12.4. The van der Waals surface area contributed by atoms with Crippen LogP contribution in [0.4, 0.5) is 5.82 Å². The van der Waals surface area contributed by atoms with E-state index in [0.29, 0.717) is 34.1 Å². The fraction of sp³-hybridized carbons (Fsp3) is 0.368. The fourth-order valence-corrected chi connectivity index (χ4v) is 3.40. The van der Waals surface area contributed by atoms with Crippen LogP contribution in [-0.2, 0) is 11.8 Å². The van der Waals surface area contributed by atoms with Gasteiger partial charge in [0, 0.05) is 19.2 Å². The monoisotopic (exact) mass is 417 g/mol. The average Bonchev–Trinajstić information content (AvgIpc) is 3.27. The number of thioether (sulfide) groups is 1. The summed E-state index contributed by atoms with van der Waals surface area (Å²) in [4.78, 5) is 12.4. The molecule has 154 valence electrons. The Labute approximate surface area is 172 Å². The summed E-state index contributed by atoms with van der Waals surface area (Å²) in [5.41, 5.74) is 0. The number of benzene rings is 1. The minimum Gasteiger partial charge on any atom is -0.497 e. The van der Waals surface area contributed by atoms with E-state index >= 15 is 0 Å². The van der Waals surface area contributed by atoms with E-state index in [1.807, 2.05) is 36.7 Å². The van der Waals surface area contributed by atoms with E-state index in [1.54, 1.807) is 33.1 Å². The van der Waals surface area contributed by atoms with Gasteiger partial charge < -0.3 is 23.9 Å². The molecule has 10 heteroatoms. The zero-order valence-corrected chi connectivity index (χ0v) is 17.7. The minimum atomic E-state index is -0.405. The van der Waals surface area contributed by atoms with E-state index in [2.05, 4.69) is 20.7 Å². The van der Waals surface area contributed by atoms with Gasteiger partial charge in [0.25, 0.3) is 0 Å². The van der Waals surface area contributed by atoms with Crippen LogP contribution in [0.3, 0.4) is 0 Å². The smallest absolute Gasteiger partial charge is 0.238 e. The van der Waals surface area contributed by atoms with E-state index in [-0.39, 0.29) is 12.0 Å². The molecule has 0 saturated heterocycles. The summed E-state index contributed by atoms with van der Waals surface area (Å²) in [6.45, 7) is 5.44. The molecule has 0 radical (unpaired) electrons. The molecule has 29 heavy (non-hydrogen) atoms. The number of anilines is 1. The molecule has 2 unspecified atom stereocenters. The number of hydrogen-bond acceptors (Lipinski definition) is 8. The minimum absolute atomic E-state index is 0.200. The first kappa shape index (κ1) is 20.7. The van der Waals surface area contributed by atoms with Gasteiger partial charge in [-0.05, 0) is 32.9 Å². The Bertz CT molecular complexity index is 987. The first-order valence-electron chi connectivity index (χ1n) is 8.98. The van der Waals surface area contributed by atoms with Crippen molar-refractivity contribution in [1.82, 2.24) is 19.9 Å². The van der Waals surface area contributed by atoms with Gasteiger partial charge in [0.1, 0.15) is 17.3 Å². The molecular weight excluding hydrogens is 394 g/mol. The summed E-state index contributed by atoms with van der Waals surface area (Å²) in [5.74, 6) is 2.85. The Kier molecular flexibility index (Phi) is 6.42. The van der Waals surface area contributed by atoms with Crippen molar-refractivity contribution in [3.63, 3.8) is 0 Å². The normalized spacial score (nSPS) is 13.0. The Morgan fingerprint density at radius 3 is 2.69 bits per heavy atom. The van der Waals surface area contributed by atoms with Crippen molar-refractivity contribution in [1.29, 1.82) is 0 Å². The number of amides is 1. The Morgan fingerprint density at radius 2 is 2.00 bits per heavy atom. The second kappa shape index (κ2) is 8.99. The summed E-state index contributed by atoms with van der Waals surface area (Å²) < 4.78 is 18.0. The van der Waals surface area contributed by atoms with Crippen LogP contribution in [-0.4, -0.2) is 38.2 Å².